The number of rotatable bonds is 10. The number of aliphatic hydroxyl groups is 2. The molecule has 0 bridgehead atoms. The Morgan fingerprint density at radius 2 is 1.97 bits per heavy atom. The fourth-order valence-corrected chi connectivity index (χ4v) is 5.08. The molecule has 0 aliphatic carbocycles. The van der Waals surface area contributed by atoms with Gasteiger partial charge in [0.15, 0.2) is 17.3 Å². The van der Waals surface area contributed by atoms with Gasteiger partial charge >= 0.3 is 0 Å². The van der Waals surface area contributed by atoms with Crippen LogP contribution in [-0.2, 0) is 9.53 Å². The number of likely N-dealkylation sites (tertiary alicyclic amines) is 1. The zero-order valence-corrected chi connectivity index (χ0v) is 22.4. The van der Waals surface area contributed by atoms with Gasteiger partial charge in [-0.2, -0.15) is 0 Å². The van der Waals surface area contributed by atoms with E-state index in [2.05, 4.69) is 9.88 Å². The van der Waals surface area contributed by atoms with E-state index < -0.39 is 17.3 Å². The van der Waals surface area contributed by atoms with E-state index in [4.69, 9.17) is 14.2 Å². The lowest BCUT2D eigenvalue weighted by Gasteiger charge is -2.40. The number of hydrogen-bond donors (Lipinski definition) is 2. The summed E-state index contributed by atoms with van der Waals surface area (Å²) in [5.74, 6) is 0.796. The normalized spacial score (nSPS) is 23.1. The van der Waals surface area contributed by atoms with E-state index in [1.807, 2.05) is 43.3 Å². The van der Waals surface area contributed by atoms with Crippen LogP contribution in [0.3, 0.4) is 0 Å². The van der Waals surface area contributed by atoms with E-state index >= 15 is 0 Å². The van der Waals surface area contributed by atoms with Crippen molar-refractivity contribution in [3.8, 4) is 11.5 Å². The standard InChI is InChI=1S/C28H39N3O6/c1-19(32)28(4)18-31(26(33)11-13-36-27(2,3)34)17-22(28)20-9-10-23(35-5)24(14-20)37-21-15-30(16-21)25-8-6-7-12-29-25/h6-10,12,14,19,21-22,32,34H,11,13,15-18H2,1-5H3. The first-order valence-corrected chi connectivity index (χ1v) is 12.8. The fraction of sp³-hybridized carbons (Fsp3) is 0.571. The number of anilines is 1. The van der Waals surface area contributed by atoms with Gasteiger partial charge < -0.3 is 34.2 Å². The molecule has 1 aromatic heterocycles. The molecule has 4 rings (SSSR count). The van der Waals surface area contributed by atoms with Crippen molar-refractivity contribution in [3.05, 3.63) is 48.2 Å². The molecule has 2 aromatic rings. The predicted octanol–water partition coefficient (Wildman–Crippen LogP) is 2.81. The van der Waals surface area contributed by atoms with Crippen molar-refractivity contribution < 1.29 is 29.2 Å². The van der Waals surface area contributed by atoms with Crippen molar-refractivity contribution in [1.82, 2.24) is 9.88 Å². The van der Waals surface area contributed by atoms with Gasteiger partial charge in [0.1, 0.15) is 11.9 Å². The molecule has 2 saturated heterocycles. The zero-order valence-electron chi connectivity index (χ0n) is 22.4. The average Bonchev–Trinajstić information content (AvgIpc) is 3.19. The highest BCUT2D eigenvalue weighted by Crippen LogP contribution is 2.47. The average molecular weight is 514 g/mol. The number of carbonyl (C=O) groups is 1. The first-order valence-electron chi connectivity index (χ1n) is 12.8. The van der Waals surface area contributed by atoms with Crippen molar-refractivity contribution in [2.24, 2.45) is 5.41 Å². The molecule has 2 aliphatic heterocycles. The van der Waals surface area contributed by atoms with Crippen LogP contribution in [0, 0.1) is 5.41 Å². The Kier molecular flexibility index (Phi) is 7.96. The van der Waals surface area contributed by atoms with E-state index in [0.29, 0.717) is 24.6 Å². The number of ether oxygens (including phenoxy) is 3. The van der Waals surface area contributed by atoms with Gasteiger partial charge in [0.05, 0.1) is 39.3 Å². The second kappa shape index (κ2) is 10.8. The molecule has 37 heavy (non-hydrogen) atoms. The Hall–Kier alpha value is -2.88. The van der Waals surface area contributed by atoms with Crippen molar-refractivity contribution in [2.45, 2.75) is 58.0 Å². The summed E-state index contributed by atoms with van der Waals surface area (Å²) < 4.78 is 17.2. The molecule has 0 radical (unpaired) electrons. The summed E-state index contributed by atoms with van der Waals surface area (Å²) in [4.78, 5) is 21.3. The van der Waals surface area contributed by atoms with Crippen LogP contribution in [-0.4, -0.2) is 83.9 Å². The van der Waals surface area contributed by atoms with Gasteiger partial charge in [0.2, 0.25) is 5.91 Å². The Balaban J connectivity index is 1.47. The SMILES string of the molecule is COc1ccc(C2CN(C(=O)CCOC(C)(C)O)CC2(C)C(C)O)cc1OC1CN(c2ccccn2)C1. The first kappa shape index (κ1) is 27.2. The number of aliphatic hydroxyl groups excluding tert-OH is 1. The van der Waals surface area contributed by atoms with Gasteiger partial charge in [0.25, 0.3) is 0 Å². The lowest BCUT2D eigenvalue weighted by atomic mass is 9.72. The van der Waals surface area contributed by atoms with Crippen LogP contribution in [0.15, 0.2) is 42.6 Å². The number of aromatic nitrogens is 1. The van der Waals surface area contributed by atoms with E-state index in [1.54, 1.807) is 25.1 Å². The minimum Gasteiger partial charge on any atom is -0.493 e. The molecule has 3 atom stereocenters. The highest BCUT2D eigenvalue weighted by atomic mass is 16.6. The molecule has 2 fully saturated rings. The van der Waals surface area contributed by atoms with Gasteiger partial charge in [-0.1, -0.05) is 19.1 Å². The summed E-state index contributed by atoms with van der Waals surface area (Å²) in [6.45, 7) is 9.37. The highest BCUT2D eigenvalue weighted by Gasteiger charge is 2.48. The maximum atomic E-state index is 13.0. The van der Waals surface area contributed by atoms with Gasteiger partial charge in [-0.25, -0.2) is 4.98 Å². The highest BCUT2D eigenvalue weighted by molar-refractivity contribution is 5.77. The molecule has 2 N–H and O–H groups in total. The number of carbonyl (C=O) groups excluding carboxylic acids is 1. The maximum Gasteiger partial charge on any atom is 0.224 e. The molecule has 3 heterocycles. The smallest absolute Gasteiger partial charge is 0.224 e. The van der Waals surface area contributed by atoms with Crippen LogP contribution >= 0.6 is 0 Å². The van der Waals surface area contributed by atoms with E-state index in [1.165, 1.54) is 13.8 Å². The van der Waals surface area contributed by atoms with Crippen molar-refractivity contribution >= 4 is 11.7 Å². The zero-order chi connectivity index (χ0) is 26.8. The Labute approximate surface area is 219 Å². The Morgan fingerprint density at radius 1 is 1.22 bits per heavy atom. The summed E-state index contributed by atoms with van der Waals surface area (Å²) in [6.07, 6.45) is 1.32. The number of hydrogen-bond acceptors (Lipinski definition) is 8. The minimum atomic E-state index is -1.28. The van der Waals surface area contributed by atoms with E-state index in [-0.39, 0.29) is 31.0 Å². The van der Waals surface area contributed by atoms with E-state index in [9.17, 15) is 15.0 Å². The molecule has 0 saturated carbocycles. The van der Waals surface area contributed by atoms with Crippen LogP contribution in [0.5, 0.6) is 11.5 Å². The van der Waals surface area contributed by atoms with Crippen LogP contribution < -0.4 is 14.4 Å². The summed E-state index contributed by atoms with van der Waals surface area (Å²) in [7, 11) is 1.62. The molecule has 202 valence electrons. The first-order chi connectivity index (χ1) is 17.5. The number of nitrogens with zero attached hydrogens (tertiary/aromatic N) is 3. The quantitative estimate of drug-likeness (QED) is 0.468. The largest absolute Gasteiger partial charge is 0.493 e. The van der Waals surface area contributed by atoms with Crippen LogP contribution in [0.2, 0.25) is 0 Å². The summed E-state index contributed by atoms with van der Waals surface area (Å²) in [6, 6.07) is 11.7. The second-order valence-corrected chi connectivity index (χ2v) is 10.8. The lowest BCUT2D eigenvalue weighted by molar-refractivity contribution is -0.178. The number of pyridine rings is 1. The Bertz CT molecular complexity index is 1070. The molecule has 1 amide bonds. The van der Waals surface area contributed by atoms with Gasteiger partial charge in [-0.05, 0) is 50.6 Å². The third kappa shape index (κ3) is 6.17. The maximum absolute atomic E-state index is 13.0. The van der Waals surface area contributed by atoms with Crippen molar-refractivity contribution in [2.75, 3.05) is 44.8 Å². The van der Waals surface area contributed by atoms with Crippen LogP contribution in [0.1, 0.15) is 45.6 Å². The fourth-order valence-electron chi connectivity index (χ4n) is 5.08. The molecule has 1 aromatic carbocycles. The van der Waals surface area contributed by atoms with Crippen molar-refractivity contribution in [3.63, 3.8) is 0 Å². The Morgan fingerprint density at radius 3 is 2.59 bits per heavy atom. The molecular weight excluding hydrogens is 474 g/mol. The monoisotopic (exact) mass is 513 g/mol. The van der Waals surface area contributed by atoms with Gasteiger partial charge in [0, 0.05) is 30.6 Å². The number of benzene rings is 1. The van der Waals surface area contributed by atoms with Gasteiger partial charge in [-0.15, -0.1) is 0 Å². The van der Waals surface area contributed by atoms with Crippen LogP contribution in [0.25, 0.3) is 0 Å². The van der Waals surface area contributed by atoms with E-state index in [0.717, 1.165) is 24.5 Å². The summed E-state index contributed by atoms with van der Waals surface area (Å²) in [5, 5.41) is 20.5. The summed E-state index contributed by atoms with van der Waals surface area (Å²) in [5.41, 5.74) is 0.452. The third-order valence-electron chi connectivity index (χ3n) is 7.51. The molecule has 0 spiro atoms. The molecule has 2 aliphatic rings. The topological polar surface area (TPSA) is 105 Å². The second-order valence-electron chi connectivity index (χ2n) is 10.8. The molecule has 9 nitrogen and oxygen atoms in total. The molecule has 3 unspecified atom stereocenters. The number of methoxy groups -OCH3 is 1. The lowest BCUT2D eigenvalue weighted by Crippen LogP contribution is -2.54. The summed E-state index contributed by atoms with van der Waals surface area (Å²) >= 11 is 0. The van der Waals surface area contributed by atoms with Gasteiger partial charge in [-0.3, -0.25) is 4.79 Å². The third-order valence-corrected chi connectivity index (χ3v) is 7.51. The van der Waals surface area contributed by atoms with Crippen LogP contribution in [0.4, 0.5) is 5.82 Å². The minimum absolute atomic E-state index is 0.00624. The predicted molar refractivity (Wildman–Crippen MR) is 140 cm³/mol. The van der Waals surface area contributed by atoms with Crippen molar-refractivity contribution in [1.29, 1.82) is 0 Å². The molecule has 9 heteroatoms. The number of amides is 1. The molecular formula is C28H39N3O6.